The minimum Gasteiger partial charge on any atom is -0.424 e. The molecule has 1 aliphatic heterocycles. The maximum atomic E-state index is 12.1. The number of fused-ring (bicyclic) bond motifs is 1. The number of anilines is 1. The molecule has 0 radical (unpaired) electrons. The highest BCUT2D eigenvalue weighted by molar-refractivity contribution is 7.92. The third-order valence-electron chi connectivity index (χ3n) is 4.07. The van der Waals surface area contributed by atoms with Crippen molar-refractivity contribution in [3.63, 3.8) is 0 Å². The molecule has 8 heteroatoms. The number of sulfonamides is 1. The molecule has 0 aliphatic carbocycles. The zero-order chi connectivity index (χ0) is 16.6. The lowest BCUT2D eigenvalue weighted by atomic mass is 10.1. The van der Waals surface area contributed by atoms with Crippen LogP contribution in [0.4, 0.5) is 5.69 Å². The minimum atomic E-state index is -3.32. The molecule has 1 aromatic heterocycles. The lowest BCUT2D eigenvalue weighted by Gasteiger charge is -2.25. The van der Waals surface area contributed by atoms with Gasteiger partial charge in [-0.25, -0.2) is 8.42 Å². The smallest absolute Gasteiger partial charge is 0.233 e. The van der Waals surface area contributed by atoms with E-state index in [9.17, 15) is 8.42 Å². The van der Waals surface area contributed by atoms with Crippen LogP contribution in [-0.4, -0.2) is 42.9 Å². The van der Waals surface area contributed by atoms with Gasteiger partial charge in [-0.15, -0.1) is 10.2 Å². The summed E-state index contributed by atoms with van der Waals surface area (Å²) in [6.45, 7) is 5.36. The normalized spacial score (nSPS) is 17.6. The number of aryl methyl sites for hydroxylation is 1. The predicted molar refractivity (Wildman–Crippen MR) is 86.5 cm³/mol. The number of para-hydroxylation sites is 1. The Kier molecular flexibility index (Phi) is 4.11. The summed E-state index contributed by atoms with van der Waals surface area (Å²) in [6.07, 6.45) is 1.24. The topological polar surface area (TPSA) is 79.5 Å². The van der Waals surface area contributed by atoms with Crippen LogP contribution in [0.15, 0.2) is 28.7 Å². The maximum absolute atomic E-state index is 12.1. The van der Waals surface area contributed by atoms with E-state index in [0.717, 1.165) is 11.3 Å². The molecular formula is C15H20N4O3S. The first kappa shape index (κ1) is 15.9. The molecule has 0 unspecified atom stereocenters. The molecule has 2 aromatic rings. The van der Waals surface area contributed by atoms with E-state index in [2.05, 4.69) is 15.1 Å². The number of hydrogen-bond acceptors (Lipinski definition) is 6. The van der Waals surface area contributed by atoms with E-state index in [1.165, 1.54) is 10.6 Å². The number of benzene rings is 1. The van der Waals surface area contributed by atoms with Gasteiger partial charge in [0.05, 0.1) is 18.0 Å². The Morgan fingerprint density at radius 3 is 2.61 bits per heavy atom. The summed E-state index contributed by atoms with van der Waals surface area (Å²) in [4.78, 5) is 2.15. The quantitative estimate of drug-likeness (QED) is 0.849. The summed E-state index contributed by atoms with van der Waals surface area (Å²) in [5, 5.41) is 7.96. The Hall–Kier alpha value is -1.93. The number of hydrogen-bond donors (Lipinski definition) is 0. The number of nitrogens with zero attached hydrogens (tertiary/aromatic N) is 4. The third-order valence-corrected chi connectivity index (χ3v) is 5.25. The molecule has 1 aromatic carbocycles. The molecule has 23 heavy (non-hydrogen) atoms. The van der Waals surface area contributed by atoms with Gasteiger partial charge in [0.25, 0.3) is 0 Å². The molecule has 0 saturated carbocycles. The Labute approximate surface area is 136 Å². The highest BCUT2D eigenvalue weighted by Crippen LogP contribution is 2.30. The summed E-state index contributed by atoms with van der Waals surface area (Å²) in [5.74, 6) is 1.08. The zero-order valence-electron chi connectivity index (χ0n) is 13.4. The van der Waals surface area contributed by atoms with Gasteiger partial charge in [-0.05, 0) is 18.6 Å². The average Bonchev–Trinajstić information content (AvgIpc) is 2.82. The molecule has 1 atom stereocenters. The lowest BCUT2D eigenvalue weighted by Crippen LogP contribution is -2.36. The summed E-state index contributed by atoms with van der Waals surface area (Å²) in [6, 6.07) is 7.50. The van der Waals surface area contributed by atoms with Crippen LogP contribution in [0, 0.1) is 6.92 Å². The monoisotopic (exact) mass is 336 g/mol. The van der Waals surface area contributed by atoms with Crippen molar-refractivity contribution in [3.05, 3.63) is 41.6 Å². The van der Waals surface area contributed by atoms with E-state index in [-0.39, 0.29) is 6.04 Å². The van der Waals surface area contributed by atoms with Gasteiger partial charge in [0, 0.05) is 26.6 Å². The SMILES string of the molecule is Cc1nnc([C@H](C)N2CCN(S(C)(=O)=O)c3ccccc3C2)o1. The van der Waals surface area contributed by atoms with Crippen molar-refractivity contribution >= 4 is 15.7 Å². The minimum absolute atomic E-state index is 0.0798. The van der Waals surface area contributed by atoms with Crippen molar-refractivity contribution < 1.29 is 12.8 Å². The van der Waals surface area contributed by atoms with Crippen LogP contribution < -0.4 is 4.31 Å². The highest BCUT2D eigenvalue weighted by atomic mass is 32.2. The van der Waals surface area contributed by atoms with Crippen LogP contribution in [0.3, 0.4) is 0 Å². The van der Waals surface area contributed by atoms with Crippen molar-refractivity contribution in [2.75, 3.05) is 23.7 Å². The van der Waals surface area contributed by atoms with E-state index in [4.69, 9.17) is 4.42 Å². The van der Waals surface area contributed by atoms with E-state index < -0.39 is 10.0 Å². The van der Waals surface area contributed by atoms with Gasteiger partial charge in [0.15, 0.2) is 0 Å². The first-order valence-corrected chi connectivity index (χ1v) is 9.31. The lowest BCUT2D eigenvalue weighted by molar-refractivity contribution is 0.182. The van der Waals surface area contributed by atoms with E-state index in [0.29, 0.717) is 31.4 Å². The summed E-state index contributed by atoms with van der Waals surface area (Å²) in [5.41, 5.74) is 1.71. The van der Waals surface area contributed by atoms with Crippen LogP contribution in [0.1, 0.15) is 30.3 Å². The fourth-order valence-electron chi connectivity index (χ4n) is 2.84. The largest absolute Gasteiger partial charge is 0.424 e. The second kappa shape index (κ2) is 5.93. The molecule has 0 saturated heterocycles. The Balaban J connectivity index is 1.94. The van der Waals surface area contributed by atoms with Gasteiger partial charge in [-0.3, -0.25) is 9.21 Å². The number of rotatable bonds is 3. The molecule has 0 spiro atoms. The summed E-state index contributed by atoms with van der Waals surface area (Å²) in [7, 11) is -3.32. The molecule has 7 nitrogen and oxygen atoms in total. The summed E-state index contributed by atoms with van der Waals surface area (Å²) >= 11 is 0. The van der Waals surface area contributed by atoms with E-state index in [1.54, 1.807) is 6.92 Å². The maximum Gasteiger partial charge on any atom is 0.233 e. The fraction of sp³-hybridized carbons (Fsp3) is 0.467. The zero-order valence-corrected chi connectivity index (χ0v) is 14.2. The molecule has 0 bridgehead atoms. The molecule has 0 amide bonds. The standard InChI is InChI=1S/C15H20N4O3S/c1-11(15-17-16-12(2)22-15)18-8-9-19(23(3,20)21)14-7-5-4-6-13(14)10-18/h4-7,11H,8-10H2,1-3H3/t11-/m0/s1. The van der Waals surface area contributed by atoms with Crippen molar-refractivity contribution in [1.82, 2.24) is 15.1 Å². The molecular weight excluding hydrogens is 316 g/mol. The highest BCUT2D eigenvalue weighted by Gasteiger charge is 2.29. The van der Waals surface area contributed by atoms with Crippen LogP contribution in [-0.2, 0) is 16.6 Å². The van der Waals surface area contributed by atoms with Crippen LogP contribution in [0.2, 0.25) is 0 Å². The molecule has 0 N–H and O–H groups in total. The first-order chi connectivity index (χ1) is 10.9. The summed E-state index contributed by atoms with van der Waals surface area (Å²) < 4.78 is 31.2. The van der Waals surface area contributed by atoms with Gasteiger partial charge in [0.2, 0.25) is 21.8 Å². The van der Waals surface area contributed by atoms with Crippen LogP contribution in [0.25, 0.3) is 0 Å². The Morgan fingerprint density at radius 2 is 1.96 bits per heavy atom. The van der Waals surface area contributed by atoms with Crippen LogP contribution >= 0.6 is 0 Å². The molecule has 1 aliphatic rings. The third kappa shape index (κ3) is 3.23. The Bertz CT molecular complexity index is 803. The van der Waals surface area contributed by atoms with Crippen LogP contribution in [0.5, 0.6) is 0 Å². The van der Waals surface area contributed by atoms with Crippen molar-refractivity contribution in [2.45, 2.75) is 26.4 Å². The second-order valence-corrected chi connectivity index (χ2v) is 7.68. The van der Waals surface area contributed by atoms with Crippen molar-refractivity contribution in [3.8, 4) is 0 Å². The van der Waals surface area contributed by atoms with E-state index in [1.807, 2.05) is 31.2 Å². The first-order valence-electron chi connectivity index (χ1n) is 7.46. The molecule has 2 heterocycles. The van der Waals surface area contributed by atoms with Gasteiger partial charge in [-0.2, -0.15) is 0 Å². The fourth-order valence-corrected chi connectivity index (χ4v) is 3.79. The predicted octanol–water partition coefficient (Wildman–Crippen LogP) is 1.72. The molecule has 124 valence electrons. The van der Waals surface area contributed by atoms with Gasteiger partial charge >= 0.3 is 0 Å². The van der Waals surface area contributed by atoms with Gasteiger partial charge in [0.1, 0.15) is 0 Å². The van der Waals surface area contributed by atoms with Gasteiger partial charge in [-0.1, -0.05) is 18.2 Å². The average molecular weight is 336 g/mol. The second-order valence-electron chi connectivity index (χ2n) is 5.77. The molecule has 0 fully saturated rings. The molecule has 3 rings (SSSR count). The van der Waals surface area contributed by atoms with E-state index >= 15 is 0 Å². The Morgan fingerprint density at radius 1 is 1.22 bits per heavy atom. The van der Waals surface area contributed by atoms with Crippen molar-refractivity contribution in [1.29, 1.82) is 0 Å². The van der Waals surface area contributed by atoms with Crippen molar-refractivity contribution in [2.24, 2.45) is 0 Å². The van der Waals surface area contributed by atoms with Gasteiger partial charge < -0.3 is 4.42 Å². The number of aromatic nitrogens is 2.